The molecule has 0 aromatic carbocycles. The van der Waals surface area contributed by atoms with Crippen LogP contribution in [0.25, 0.3) is 11.2 Å². The molecule has 7 heteroatoms. The molecule has 1 aliphatic carbocycles. The number of aromatic nitrogens is 5. The molecule has 3 aromatic rings. The highest BCUT2D eigenvalue weighted by molar-refractivity contribution is 5.92. The Morgan fingerprint density at radius 1 is 1.20 bits per heavy atom. The number of aryl methyl sites for hydroxylation is 1. The summed E-state index contributed by atoms with van der Waals surface area (Å²) in [5, 5.41) is 0. The monoisotopic (exact) mass is 337 g/mol. The van der Waals surface area contributed by atoms with Crippen molar-refractivity contribution in [1.82, 2.24) is 24.5 Å². The maximum Gasteiger partial charge on any atom is 0.340 e. The van der Waals surface area contributed by atoms with Crippen molar-refractivity contribution in [2.45, 2.75) is 31.8 Å². The summed E-state index contributed by atoms with van der Waals surface area (Å²) in [4.78, 5) is 29.8. The Hall–Kier alpha value is -2.83. The average Bonchev–Trinajstić information content (AvgIpc) is 3.30. The van der Waals surface area contributed by atoms with E-state index in [9.17, 15) is 4.79 Å². The van der Waals surface area contributed by atoms with Gasteiger partial charge in [-0.15, -0.1) is 0 Å². The van der Waals surface area contributed by atoms with Gasteiger partial charge in [0.2, 0.25) is 0 Å². The fourth-order valence-corrected chi connectivity index (χ4v) is 3.39. The lowest BCUT2D eigenvalue weighted by atomic mass is 10.00. The highest BCUT2D eigenvalue weighted by Crippen LogP contribution is 2.37. The summed E-state index contributed by atoms with van der Waals surface area (Å²) in [6.07, 6.45) is 10.5. The minimum atomic E-state index is -0.421. The number of esters is 1. The molecular formula is C18H19N5O2. The Morgan fingerprint density at radius 3 is 2.72 bits per heavy atom. The van der Waals surface area contributed by atoms with E-state index in [1.54, 1.807) is 30.9 Å². The predicted octanol–water partition coefficient (Wildman–Crippen LogP) is 2.85. The third-order valence-corrected chi connectivity index (χ3v) is 4.69. The summed E-state index contributed by atoms with van der Waals surface area (Å²) >= 11 is 0. The third kappa shape index (κ3) is 3.09. The first kappa shape index (κ1) is 15.7. The molecule has 25 heavy (non-hydrogen) atoms. The van der Waals surface area contributed by atoms with E-state index in [4.69, 9.17) is 4.74 Å². The Labute approximate surface area is 145 Å². The van der Waals surface area contributed by atoms with Crippen molar-refractivity contribution in [2.75, 3.05) is 0 Å². The maximum absolute atomic E-state index is 12.7. The molecule has 1 atom stereocenters. The summed E-state index contributed by atoms with van der Waals surface area (Å²) in [7, 11) is 1.86. The topological polar surface area (TPSA) is 82.8 Å². The zero-order valence-corrected chi connectivity index (χ0v) is 14.0. The number of carbonyl (C=O) groups is 1. The number of carbonyl (C=O) groups excluding carboxylic acids is 1. The van der Waals surface area contributed by atoms with Crippen molar-refractivity contribution >= 4 is 17.1 Å². The van der Waals surface area contributed by atoms with Crippen LogP contribution >= 0.6 is 0 Å². The number of imidazole rings is 1. The van der Waals surface area contributed by atoms with Crippen molar-refractivity contribution in [2.24, 2.45) is 13.0 Å². The molecule has 128 valence electrons. The van der Waals surface area contributed by atoms with Crippen LogP contribution in [0.5, 0.6) is 0 Å². The van der Waals surface area contributed by atoms with Gasteiger partial charge in [0.15, 0.2) is 17.6 Å². The van der Waals surface area contributed by atoms with Crippen molar-refractivity contribution < 1.29 is 9.53 Å². The SMILES string of the molecule is Cn1cnc2cc(C(=O)O[C@H](c3ncccn3)C3CCCC3)cnc21. The summed E-state index contributed by atoms with van der Waals surface area (Å²) in [6.45, 7) is 0. The lowest BCUT2D eigenvalue weighted by Crippen LogP contribution is -2.20. The van der Waals surface area contributed by atoms with E-state index >= 15 is 0 Å². The zero-order valence-electron chi connectivity index (χ0n) is 14.0. The quantitative estimate of drug-likeness (QED) is 0.681. The summed E-state index contributed by atoms with van der Waals surface area (Å²) in [5.74, 6) is 0.414. The first-order valence-corrected chi connectivity index (χ1v) is 8.47. The van der Waals surface area contributed by atoms with Gasteiger partial charge in [-0.3, -0.25) is 0 Å². The number of hydrogen-bond acceptors (Lipinski definition) is 6. The molecule has 3 aromatic heterocycles. The molecule has 4 rings (SSSR count). The van der Waals surface area contributed by atoms with Gasteiger partial charge in [-0.1, -0.05) is 12.8 Å². The second-order valence-electron chi connectivity index (χ2n) is 6.40. The molecule has 0 radical (unpaired) electrons. The molecule has 7 nitrogen and oxygen atoms in total. The highest BCUT2D eigenvalue weighted by Gasteiger charge is 2.32. The molecule has 0 unspecified atom stereocenters. The molecule has 1 saturated carbocycles. The molecule has 0 amide bonds. The molecular weight excluding hydrogens is 318 g/mol. The number of nitrogens with zero attached hydrogens (tertiary/aromatic N) is 5. The number of ether oxygens (including phenoxy) is 1. The molecule has 0 bridgehead atoms. The van der Waals surface area contributed by atoms with Gasteiger partial charge in [0.05, 0.1) is 11.9 Å². The fourth-order valence-electron chi connectivity index (χ4n) is 3.39. The van der Waals surface area contributed by atoms with Gasteiger partial charge in [0.1, 0.15) is 5.52 Å². The predicted molar refractivity (Wildman–Crippen MR) is 90.7 cm³/mol. The van der Waals surface area contributed by atoms with E-state index in [-0.39, 0.29) is 5.92 Å². The van der Waals surface area contributed by atoms with Gasteiger partial charge < -0.3 is 9.30 Å². The van der Waals surface area contributed by atoms with Crippen LogP contribution in [0.15, 0.2) is 37.1 Å². The highest BCUT2D eigenvalue weighted by atomic mass is 16.5. The Bertz CT molecular complexity index is 887. The lowest BCUT2D eigenvalue weighted by Gasteiger charge is -2.22. The summed E-state index contributed by atoms with van der Waals surface area (Å²) in [6, 6.07) is 3.47. The Morgan fingerprint density at radius 2 is 1.96 bits per heavy atom. The largest absolute Gasteiger partial charge is 0.450 e. The van der Waals surface area contributed by atoms with Crippen LogP contribution in [-0.2, 0) is 11.8 Å². The van der Waals surface area contributed by atoms with Crippen LogP contribution in [0, 0.1) is 5.92 Å². The minimum Gasteiger partial charge on any atom is -0.450 e. The standard InChI is InChI=1S/C18H19N5O2/c1-23-11-22-14-9-13(10-21-17(14)23)18(24)25-15(12-5-2-3-6-12)16-19-7-4-8-20-16/h4,7-12,15H,2-3,5-6H2,1H3/t15-/m0/s1. The Balaban J connectivity index is 1.60. The Kier molecular flexibility index (Phi) is 4.13. The molecule has 0 N–H and O–H groups in total. The van der Waals surface area contributed by atoms with Crippen LogP contribution in [0.4, 0.5) is 0 Å². The molecule has 0 spiro atoms. The van der Waals surface area contributed by atoms with Gasteiger partial charge in [-0.05, 0) is 25.0 Å². The van der Waals surface area contributed by atoms with Crippen molar-refractivity contribution in [3.8, 4) is 0 Å². The fraction of sp³-hybridized carbons (Fsp3) is 0.389. The molecule has 3 heterocycles. The van der Waals surface area contributed by atoms with Gasteiger partial charge in [0, 0.05) is 31.6 Å². The number of pyridine rings is 1. The third-order valence-electron chi connectivity index (χ3n) is 4.69. The number of fused-ring (bicyclic) bond motifs is 1. The van der Waals surface area contributed by atoms with Gasteiger partial charge in [-0.25, -0.2) is 24.7 Å². The number of rotatable bonds is 4. The van der Waals surface area contributed by atoms with Crippen molar-refractivity contribution in [3.63, 3.8) is 0 Å². The van der Waals surface area contributed by atoms with E-state index in [2.05, 4.69) is 19.9 Å². The molecule has 1 aliphatic rings. The normalized spacial score (nSPS) is 16.2. The van der Waals surface area contributed by atoms with Crippen LogP contribution < -0.4 is 0 Å². The second kappa shape index (κ2) is 6.58. The van der Waals surface area contributed by atoms with Crippen molar-refractivity contribution in [1.29, 1.82) is 0 Å². The second-order valence-corrected chi connectivity index (χ2v) is 6.40. The zero-order chi connectivity index (χ0) is 17.2. The van der Waals surface area contributed by atoms with Crippen LogP contribution in [-0.4, -0.2) is 30.5 Å². The van der Waals surface area contributed by atoms with Gasteiger partial charge >= 0.3 is 5.97 Å². The van der Waals surface area contributed by atoms with Crippen LogP contribution in [0.1, 0.15) is 48.0 Å². The first-order chi connectivity index (χ1) is 12.2. The van der Waals surface area contributed by atoms with E-state index in [0.717, 1.165) is 31.3 Å². The van der Waals surface area contributed by atoms with E-state index in [1.165, 1.54) is 6.20 Å². The summed E-state index contributed by atoms with van der Waals surface area (Å²) < 4.78 is 7.63. The van der Waals surface area contributed by atoms with Gasteiger partial charge in [0.25, 0.3) is 0 Å². The molecule has 1 fully saturated rings. The lowest BCUT2D eigenvalue weighted by molar-refractivity contribution is 0.0108. The average molecular weight is 337 g/mol. The minimum absolute atomic E-state index is 0.262. The van der Waals surface area contributed by atoms with E-state index < -0.39 is 12.1 Å². The smallest absolute Gasteiger partial charge is 0.340 e. The van der Waals surface area contributed by atoms with E-state index in [1.807, 2.05) is 11.6 Å². The van der Waals surface area contributed by atoms with E-state index in [0.29, 0.717) is 16.9 Å². The first-order valence-electron chi connectivity index (χ1n) is 8.47. The number of hydrogen-bond donors (Lipinski definition) is 0. The van der Waals surface area contributed by atoms with Crippen molar-refractivity contribution in [3.05, 3.63) is 48.4 Å². The maximum atomic E-state index is 12.7. The molecule has 0 saturated heterocycles. The van der Waals surface area contributed by atoms with Crippen LogP contribution in [0.3, 0.4) is 0 Å². The van der Waals surface area contributed by atoms with Gasteiger partial charge in [-0.2, -0.15) is 0 Å². The molecule has 0 aliphatic heterocycles. The summed E-state index contributed by atoms with van der Waals surface area (Å²) in [5.41, 5.74) is 1.80. The van der Waals surface area contributed by atoms with Crippen LogP contribution in [0.2, 0.25) is 0 Å².